The van der Waals surface area contributed by atoms with Crippen LogP contribution < -0.4 is 14.2 Å². The summed E-state index contributed by atoms with van der Waals surface area (Å²) in [6, 6.07) is 6.95. The van der Waals surface area contributed by atoms with Gasteiger partial charge in [0.15, 0.2) is 11.5 Å². The Morgan fingerprint density at radius 3 is 2.40 bits per heavy atom. The number of benzene rings is 1. The molecule has 0 N–H and O–H groups in total. The summed E-state index contributed by atoms with van der Waals surface area (Å²) in [6.07, 6.45) is 4.15. The molecule has 0 amide bonds. The van der Waals surface area contributed by atoms with Gasteiger partial charge in [-0.2, -0.15) is 0 Å². The Kier molecular flexibility index (Phi) is 4.55. The van der Waals surface area contributed by atoms with Crippen LogP contribution in [0, 0.1) is 0 Å². The molecule has 5 heteroatoms. The van der Waals surface area contributed by atoms with Gasteiger partial charge >= 0.3 is 0 Å². The zero-order valence-corrected chi connectivity index (χ0v) is 11.3. The number of carbonyl (C=O) groups is 1. The van der Waals surface area contributed by atoms with Gasteiger partial charge in [-0.05, 0) is 18.2 Å². The average molecular weight is 273 g/mol. The Morgan fingerprint density at radius 2 is 1.90 bits per heavy atom. The molecule has 0 bridgehead atoms. The summed E-state index contributed by atoms with van der Waals surface area (Å²) in [4.78, 5) is 14.9. The van der Waals surface area contributed by atoms with E-state index in [1.165, 1.54) is 14.2 Å². The van der Waals surface area contributed by atoms with E-state index in [1.54, 1.807) is 24.5 Å². The summed E-state index contributed by atoms with van der Waals surface area (Å²) in [5.74, 6) is 1.37. The molecule has 0 unspecified atom stereocenters. The first kappa shape index (κ1) is 13.9. The minimum Gasteiger partial charge on any atom is -0.493 e. The first-order chi connectivity index (χ1) is 9.78. The van der Waals surface area contributed by atoms with E-state index in [4.69, 9.17) is 14.2 Å². The summed E-state index contributed by atoms with van der Waals surface area (Å²) < 4.78 is 16.2. The van der Waals surface area contributed by atoms with Crippen LogP contribution in [-0.2, 0) is 6.61 Å². The topological polar surface area (TPSA) is 57.7 Å². The molecule has 1 aromatic heterocycles. The number of carbonyl (C=O) groups excluding carboxylic acids is 1. The van der Waals surface area contributed by atoms with Crippen LogP contribution in [0.2, 0.25) is 0 Å². The van der Waals surface area contributed by atoms with Crippen molar-refractivity contribution in [3.05, 3.63) is 47.8 Å². The van der Waals surface area contributed by atoms with Gasteiger partial charge in [0.2, 0.25) is 5.75 Å². The highest BCUT2D eigenvalue weighted by Crippen LogP contribution is 2.38. The van der Waals surface area contributed by atoms with Crippen LogP contribution >= 0.6 is 0 Å². The van der Waals surface area contributed by atoms with Crippen LogP contribution in [0.15, 0.2) is 36.7 Å². The van der Waals surface area contributed by atoms with Crippen LogP contribution in [0.1, 0.15) is 15.9 Å². The zero-order chi connectivity index (χ0) is 14.4. The van der Waals surface area contributed by atoms with E-state index in [0.717, 1.165) is 11.8 Å². The molecule has 0 saturated heterocycles. The number of rotatable bonds is 6. The maximum atomic E-state index is 10.9. The lowest BCUT2D eigenvalue weighted by atomic mass is 10.2. The van der Waals surface area contributed by atoms with Crippen molar-refractivity contribution in [2.24, 2.45) is 0 Å². The number of ether oxygens (including phenoxy) is 3. The fourth-order valence-electron chi connectivity index (χ4n) is 1.75. The molecule has 0 aliphatic rings. The number of nitrogens with zero attached hydrogens (tertiary/aromatic N) is 1. The van der Waals surface area contributed by atoms with Crippen LogP contribution in [-0.4, -0.2) is 25.5 Å². The largest absolute Gasteiger partial charge is 0.493 e. The van der Waals surface area contributed by atoms with Crippen LogP contribution in [0.4, 0.5) is 0 Å². The molecule has 0 radical (unpaired) electrons. The first-order valence-corrected chi connectivity index (χ1v) is 6.01. The van der Waals surface area contributed by atoms with Gasteiger partial charge < -0.3 is 14.2 Å². The third kappa shape index (κ3) is 3.06. The van der Waals surface area contributed by atoms with Crippen LogP contribution in [0.3, 0.4) is 0 Å². The van der Waals surface area contributed by atoms with E-state index in [1.807, 2.05) is 12.1 Å². The molecule has 0 aliphatic carbocycles. The third-order valence-corrected chi connectivity index (χ3v) is 2.72. The molecule has 104 valence electrons. The standard InChI is InChI=1S/C15H15NO4/c1-18-13-6-12(9-17)7-14(19-2)15(13)20-10-11-4-3-5-16-8-11/h3-9H,10H2,1-2H3. The van der Waals surface area contributed by atoms with Crippen LogP contribution in [0.25, 0.3) is 0 Å². The van der Waals surface area contributed by atoms with Crippen molar-refractivity contribution in [2.45, 2.75) is 6.61 Å². The van der Waals surface area contributed by atoms with E-state index >= 15 is 0 Å². The third-order valence-electron chi connectivity index (χ3n) is 2.72. The summed E-state index contributed by atoms with van der Waals surface area (Å²) in [7, 11) is 3.03. The number of pyridine rings is 1. The highest BCUT2D eigenvalue weighted by Gasteiger charge is 2.14. The van der Waals surface area contributed by atoms with E-state index in [-0.39, 0.29) is 0 Å². The molecule has 0 saturated carbocycles. The first-order valence-electron chi connectivity index (χ1n) is 6.01. The number of aldehydes is 1. The number of hydrogen-bond donors (Lipinski definition) is 0. The second-order valence-electron chi connectivity index (χ2n) is 4.02. The highest BCUT2D eigenvalue weighted by molar-refractivity contribution is 5.78. The molecule has 0 spiro atoms. The number of aromatic nitrogens is 1. The van der Waals surface area contributed by atoms with Gasteiger partial charge in [0, 0.05) is 23.5 Å². The molecule has 2 rings (SSSR count). The van der Waals surface area contributed by atoms with Gasteiger partial charge in [-0.1, -0.05) is 6.07 Å². The van der Waals surface area contributed by atoms with E-state index < -0.39 is 0 Å². The molecule has 0 fully saturated rings. The summed E-state index contributed by atoms with van der Waals surface area (Å²) >= 11 is 0. The summed E-state index contributed by atoms with van der Waals surface area (Å²) in [5.41, 5.74) is 1.39. The SMILES string of the molecule is COc1cc(C=O)cc(OC)c1OCc1cccnc1. The lowest BCUT2D eigenvalue weighted by molar-refractivity contribution is 0.112. The lowest BCUT2D eigenvalue weighted by Gasteiger charge is -2.14. The number of methoxy groups -OCH3 is 2. The van der Waals surface area contributed by atoms with Gasteiger partial charge in [-0.25, -0.2) is 0 Å². The van der Waals surface area contributed by atoms with E-state index in [0.29, 0.717) is 29.4 Å². The predicted octanol–water partition coefficient (Wildman–Crippen LogP) is 2.49. The molecule has 20 heavy (non-hydrogen) atoms. The summed E-state index contributed by atoms with van der Waals surface area (Å²) in [5, 5.41) is 0. The molecular weight excluding hydrogens is 258 g/mol. The Bertz CT molecular complexity index is 559. The second kappa shape index (κ2) is 6.56. The Morgan fingerprint density at radius 1 is 1.20 bits per heavy atom. The Hall–Kier alpha value is -2.56. The van der Waals surface area contributed by atoms with Crippen molar-refractivity contribution in [3.8, 4) is 17.2 Å². The van der Waals surface area contributed by atoms with Gasteiger partial charge in [0.25, 0.3) is 0 Å². The van der Waals surface area contributed by atoms with Crippen molar-refractivity contribution in [2.75, 3.05) is 14.2 Å². The minimum absolute atomic E-state index is 0.334. The van der Waals surface area contributed by atoms with Crippen molar-refractivity contribution in [3.63, 3.8) is 0 Å². The van der Waals surface area contributed by atoms with Crippen molar-refractivity contribution >= 4 is 6.29 Å². The normalized spacial score (nSPS) is 9.90. The Balaban J connectivity index is 2.27. The van der Waals surface area contributed by atoms with E-state index in [2.05, 4.69) is 4.98 Å². The highest BCUT2D eigenvalue weighted by atomic mass is 16.5. The molecule has 0 atom stereocenters. The molecule has 1 aromatic carbocycles. The minimum atomic E-state index is 0.334. The quantitative estimate of drug-likeness (QED) is 0.757. The van der Waals surface area contributed by atoms with Gasteiger partial charge in [-0.3, -0.25) is 9.78 Å². The average Bonchev–Trinajstić information content (AvgIpc) is 2.52. The fourth-order valence-corrected chi connectivity index (χ4v) is 1.75. The zero-order valence-electron chi connectivity index (χ0n) is 11.3. The second-order valence-corrected chi connectivity index (χ2v) is 4.02. The number of hydrogen-bond acceptors (Lipinski definition) is 5. The van der Waals surface area contributed by atoms with Gasteiger partial charge in [0.05, 0.1) is 14.2 Å². The molecule has 1 heterocycles. The monoisotopic (exact) mass is 273 g/mol. The Labute approximate surface area is 117 Å². The van der Waals surface area contributed by atoms with Crippen molar-refractivity contribution < 1.29 is 19.0 Å². The maximum absolute atomic E-state index is 10.9. The van der Waals surface area contributed by atoms with Crippen molar-refractivity contribution in [1.29, 1.82) is 0 Å². The maximum Gasteiger partial charge on any atom is 0.203 e. The van der Waals surface area contributed by atoms with Crippen molar-refractivity contribution in [1.82, 2.24) is 4.98 Å². The van der Waals surface area contributed by atoms with Gasteiger partial charge in [-0.15, -0.1) is 0 Å². The summed E-state index contributed by atoms with van der Waals surface area (Å²) in [6.45, 7) is 0.334. The molecular formula is C15H15NO4. The van der Waals surface area contributed by atoms with Gasteiger partial charge in [0.1, 0.15) is 12.9 Å². The molecule has 2 aromatic rings. The predicted molar refractivity (Wildman–Crippen MR) is 73.5 cm³/mol. The molecule has 0 aliphatic heterocycles. The lowest BCUT2D eigenvalue weighted by Crippen LogP contribution is -2.01. The fraction of sp³-hybridized carbons (Fsp3) is 0.200. The smallest absolute Gasteiger partial charge is 0.203 e. The van der Waals surface area contributed by atoms with E-state index in [9.17, 15) is 4.79 Å². The van der Waals surface area contributed by atoms with Crippen LogP contribution in [0.5, 0.6) is 17.2 Å². The molecule has 5 nitrogen and oxygen atoms in total.